The van der Waals surface area contributed by atoms with E-state index in [2.05, 4.69) is 19.2 Å². The lowest BCUT2D eigenvalue weighted by Crippen LogP contribution is -2.45. The molecule has 0 rings (SSSR count). The van der Waals surface area contributed by atoms with Crippen LogP contribution >= 0.6 is 0 Å². The van der Waals surface area contributed by atoms with E-state index in [0.717, 1.165) is 25.7 Å². The molecule has 448 valence electrons. The summed E-state index contributed by atoms with van der Waals surface area (Å²) < 4.78 is 0. The maximum atomic E-state index is 12.5. The Hall–Kier alpha value is -0.870. The lowest BCUT2D eigenvalue weighted by atomic mass is 10.0. The van der Waals surface area contributed by atoms with Crippen molar-refractivity contribution in [3.8, 4) is 0 Å². The standard InChI is InChI=1S/C71H141NO3/c1-3-5-7-9-11-13-15-17-19-21-23-25-27-28-29-30-31-32-33-34-35-36-37-38-39-40-41-42-43-45-47-49-51-53-55-57-59-61-63-65-67-71(75)72-69(68-73)70(74)66-64-62-60-58-56-54-52-50-48-46-44-26-24-22-20-18-16-14-12-10-8-6-4-2/h64,66,69-70,73-74H,3-63,65,67-68H2,1-2H3,(H,72,75)/b66-64+. The van der Waals surface area contributed by atoms with Gasteiger partial charge in [-0.15, -0.1) is 0 Å². The van der Waals surface area contributed by atoms with Crippen molar-refractivity contribution in [3.05, 3.63) is 12.2 Å². The number of amides is 1. The Bertz CT molecular complexity index is 1060. The third-order valence-electron chi connectivity index (χ3n) is 17.0. The molecule has 0 saturated carbocycles. The molecule has 75 heavy (non-hydrogen) atoms. The molecular formula is C71H141NO3. The number of carbonyl (C=O) groups is 1. The predicted octanol–water partition coefficient (Wildman–Crippen LogP) is 24.0. The number of rotatable bonds is 67. The summed E-state index contributed by atoms with van der Waals surface area (Å²) in [7, 11) is 0. The van der Waals surface area contributed by atoms with E-state index in [1.165, 1.54) is 372 Å². The molecule has 0 fully saturated rings. The number of aliphatic hydroxyl groups excluding tert-OH is 2. The highest BCUT2D eigenvalue weighted by atomic mass is 16.3. The van der Waals surface area contributed by atoms with Crippen LogP contribution in [0.3, 0.4) is 0 Å². The second kappa shape index (κ2) is 67.4. The Kier molecular flexibility index (Phi) is 66.6. The van der Waals surface area contributed by atoms with Gasteiger partial charge in [0, 0.05) is 6.42 Å². The van der Waals surface area contributed by atoms with Crippen LogP contribution in [-0.4, -0.2) is 34.9 Å². The van der Waals surface area contributed by atoms with E-state index in [4.69, 9.17) is 0 Å². The van der Waals surface area contributed by atoms with Crippen molar-refractivity contribution in [3.63, 3.8) is 0 Å². The molecule has 2 atom stereocenters. The van der Waals surface area contributed by atoms with Gasteiger partial charge < -0.3 is 15.5 Å². The summed E-state index contributed by atoms with van der Waals surface area (Å²) in [5, 5.41) is 23.3. The summed E-state index contributed by atoms with van der Waals surface area (Å²) >= 11 is 0. The number of nitrogens with one attached hydrogen (secondary N) is 1. The van der Waals surface area contributed by atoms with Gasteiger partial charge >= 0.3 is 0 Å². The first kappa shape index (κ1) is 74.1. The predicted molar refractivity (Wildman–Crippen MR) is 336 cm³/mol. The van der Waals surface area contributed by atoms with Gasteiger partial charge in [0.15, 0.2) is 0 Å². The van der Waals surface area contributed by atoms with E-state index in [1.54, 1.807) is 6.08 Å². The van der Waals surface area contributed by atoms with Gasteiger partial charge in [0.25, 0.3) is 0 Å². The van der Waals surface area contributed by atoms with Crippen molar-refractivity contribution in [1.82, 2.24) is 5.32 Å². The molecule has 0 radical (unpaired) electrons. The first-order valence-electron chi connectivity index (χ1n) is 35.4. The lowest BCUT2D eigenvalue weighted by molar-refractivity contribution is -0.123. The summed E-state index contributed by atoms with van der Waals surface area (Å²) in [5.74, 6) is -0.0532. The van der Waals surface area contributed by atoms with Crippen molar-refractivity contribution in [2.24, 2.45) is 0 Å². The summed E-state index contributed by atoms with van der Waals surface area (Å²) in [6.45, 7) is 4.37. The smallest absolute Gasteiger partial charge is 0.220 e. The van der Waals surface area contributed by atoms with Gasteiger partial charge in [-0.3, -0.25) is 4.79 Å². The average Bonchev–Trinajstić information content (AvgIpc) is 3.41. The number of hydrogen-bond acceptors (Lipinski definition) is 3. The van der Waals surface area contributed by atoms with Crippen LogP contribution in [0, 0.1) is 0 Å². The summed E-state index contributed by atoms with van der Waals surface area (Å²) in [6, 6.07) is -0.619. The van der Waals surface area contributed by atoms with Crippen LogP contribution in [0.1, 0.15) is 418 Å². The summed E-state index contributed by atoms with van der Waals surface area (Å²) in [5.41, 5.74) is 0. The molecule has 1 amide bonds. The van der Waals surface area contributed by atoms with Gasteiger partial charge in [0.05, 0.1) is 18.8 Å². The highest BCUT2D eigenvalue weighted by molar-refractivity contribution is 5.76. The maximum absolute atomic E-state index is 12.5. The Morgan fingerprint density at radius 2 is 0.493 bits per heavy atom. The van der Waals surface area contributed by atoms with E-state index in [9.17, 15) is 15.0 Å². The Balaban J connectivity index is 3.36. The van der Waals surface area contributed by atoms with Gasteiger partial charge in [0.2, 0.25) is 5.91 Å². The molecule has 4 heteroatoms. The molecule has 3 N–H and O–H groups in total. The van der Waals surface area contributed by atoms with E-state index in [0.29, 0.717) is 6.42 Å². The quantitative estimate of drug-likeness (QED) is 0.0420. The number of carbonyl (C=O) groups excluding carboxylic acids is 1. The fourth-order valence-electron chi connectivity index (χ4n) is 11.7. The van der Waals surface area contributed by atoms with E-state index in [-0.39, 0.29) is 12.5 Å². The highest BCUT2D eigenvalue weighted by Gasteiger charge is 2.18. The van der Waals surface area contributed by atoms with Crippen molar-refractivity contribution in [2.75, 3.05) is 6.61 Å². The highest BCUT2D eigenvalue weighted by Crippen LogP contribution is 2.20. The van der Waals surface area contributed by atoms with Crippen LogP contribution in [0.2, 0.25) is 0 Å². The molecule has 0 aromatic carbocycles. The SMILES string of the molecule is CCCCCCCCCCCCCCCCCCCCCCC/C=C/C(O)C(CO)NC(=O)CCCCCCCCCCCCCCCCCCCCCCCCCCCCCCCCCCCCCCCCCC. The Labute approximate surface area is 473 Å². The number of allylic oxidation sites excluding steroid dienone is 1. The molecule has 0 saturated heterocycles. The molecular weight excluding hydrogens is 915 g/mol. The Morgan fingerprint density at radius 3 is 0.693 bits per heavy atom. The molecule has 0 spiro atoms. The third kappa shape index (κ3) is 63.8. The first-order chi connectivity index (χ1) is 37.2. The normalized spacial score (nSPS) is 12.6. The zero-order valence-corrected chi connectivity index (χ0v) is 51.9. The molecule has 0 bridgehead atoms. The van der Waals surface area contributed by atoms with Gasteiger partial charge in [-0.05, 0) is 19.3 Å². The average molecular weight is 1060 g/mol. The molecule has 0 aliphatic carbocycles. The van der Waals surface area contributed by atoms with E-state index in [1.807, 2.05) is 6.08 Å². The van der Waals surface area contributed by atoms with Crippen LogP contribution in [0.5, 0.6) is 0 Å². The number of hydrogen-bond donors (Lipinski definition) is 3. The molecule has 0 aromatic rings. The topological polar surface area (TPSA) is 69.6 Å². The van der Waals surface area contributed by atoms with Crippen molar-refractivity contribution >= 4 is 5.91 Å². The van der Waals surface area contributed by atoms with Gasteiger partial charge in [-0.1, -0.05) is 405 Å². The molecule has 4 nitrogen and oxygen atoms in total. The fraction of sp³-hybridized carbons (Fsp3) is 0.958. The van der Waals surface area contributed by atoms with Gasteiger partial charge in [-0.2, -0.15) is 0 Å². The monoisotopic (exact) mass is 1060 g/mol. The molecule has 0 heterocycles. The van der Waals surface area contributed by atoms with Crippen LogP contribution in [0.25, 0.3) is 0 Å². The minimum Gasteiger partial charge on any atom is -0.394 e. The molecule has 0 aliphatic heterocycles. The number of unbranched alkanes of at least 4 members (excludes halogenated alkanes) is 60. The minimum atomic E-state index is -0.837. The van der Waals surface area contributed by atoms with Crippen LogP contribution in [0.15, 0.2) is 12.2 Å². The van der Waals surface area contributed by atoms with E-state index >= 15 is 0 Å². The van der Waals surface area contributed by atoms with Crippen molar-refractivity contribution in [2.45, 2.75) is 431 Å². The first-order valence-corrected chi connectivity index (χ1v) is 35.4. The van der Waals surface area contributed by atoms with Gasteiger partial charge in [-0.25, -0.2) is 0 Å². The van der Waals surface area contributed by atoms with Crippen molar-refractivity contribution in [1.29, 1.82) is 0 Å². The lowest BCUT2D eigenvalue weighted by Gasteiger charge is -2.20. The van der Waals surface area contributed by atoms with Crippen LogP contribution in [0.4, 0.5) is 0 Å². The largest absolute Gasteiger partial charge is 0.394 e. The van der Waals surface area contributed by atoms with Gasteiger partial charge in [0.1, 0.15) is 0 Å². The summed E-state index contributed by atoms with van der Waals surface area (Å²) in [4.78, 5) is 12.5. The third-order valence-corrected chi connectivity index (χ3v) is 17.0. The second-order valence-electron chi connectivity index (χ2n) is 24.7. The molecule has 0 aromatic heterocycles. The van der Waals surface area contributed by atoms with Crippen LogP contribution in [-0.2, 0) is 4.79 Å². The molecule has 0 aliphatic rings. The maximum Gasteiger partial charge on any atom is 0.220 e. The second-order valence-corrected chi connectivity index (χ2v) is 24.7. The van der Waals surface area contributed by atoms with E-state index < -0.39 is 12.1 Å². The zero-order valence-electron chi connectivity index (χ0n) is 51.9. The zero-order chi connectivity index (χ0) is 54.1. The van der Waals surface area contributed by atoms with Crippen molar-refractivity contribution < 1.29 is 15.0 Å². The Morgan fingerprint density at radius 1 is 0.307 bits per heavy atom. The summed E-state index contributed by atoms with van der Waals surface area (Å²) in [6.07, 6.45) is 90.3. The minimum absolute atomic E-state index is 0.0532. The molecule has 2 unspecified atom stereocenters. The fourth-order valence-corrected chi connectivity index (χ4v) is 11.7. The number of aliphatic hydroxyl groups is 2. The van der Waals surface area contributed by atoms with Crippen LogP contribution < -0.4 is 5.32 Å².